The van der Waals surface area contributed by atoms with Crippen LogP contribution in [0.5, 0.6) is 11.5 Å². The monoisotopic (exact) mass is 330 g/mol. The Morgan fingerprint density at radius 3 is 2.88 bits per heavy atom. The number of ether oxygens (including phenoxy) is 3. The van der Waals surface area contributed by atoms with Gasteiger partial charge in [0.25, 0.3) is 5.91 Å². The van der Waals surface area contributed by atoms with Crippen molar-refractivity contribution in [3.05, 3.63) is 41.6 Å². The van der Waals surface area contributed by atoms with Crippen molar-refractivity contribution in [2.45, 2.75) is 6.54 Å². The fourth-order valence-electron chi connectivity index (χ4n) is 2.15. The van der Waals surface area contributed by atoms with E-state index in [0.717, 1.165) is 17.1 Å². The minimum Gasteiger partial charge on any atom is -0.454 e. The first-order valence-corrected chi connectivity index (χ1v) is 7.49. The number of amides is 1. The third kappa shape index (κ3) is 3.90. The average molecular weight is 330 g/mol. The molecule has 0 saturated heterocycles. The number of rotatable bonds is 7. The molecule has 3 rings (SSSR count). The van der Waals surface area contributed by atoms with Gasteiger partial charge in [0, 0.05) is 20.2 Å². The summed E-state index contributed by atoms with van der Waals surface area (Å²) < 4.78 is 15.5. The average Bonchev–Trinajstić information content (AvgIpc) is 3.08. The minimum atomic E-state index is -0.276. The van der Waals surface area contributed by atoms with E-state index in [1.165, 1.54) is 0 Å². The lowest BCUT2D eigenvalue weighted by molar-refractivity contribution is 0.0931. The van der Waals surface area contributed by atoms with Gasteiger partial charge in [-0.25, -0.2) is 0 Å². The zero-order chi connectivity index (χ0) is 16.8. The van der Waals surface area contributed by atoms with E-state index in [0.29, 0.717) is 25.5 Å². The second kappa shape index (κ2) is 7.60. The van der Waals surface area contributed by atoms with Gasteiger partial charge >= 0.3 is 0 Å². The smallest absolute Gasteiger partial charge is 0.271 e. The molecule has 0 aliphatic carbocycles. The fraction of sp³-hybridized carbons (Fsp3) is 0.312. The number of aromatic nitrogens is 2. The maximum absolute atomic E-state index is 11.8. The molecule has 0 spiro atoms. The normalized spacial score (nSPS) is 12.0. The van der Waals surface area contributed by atoms with Gasteiger partial charge in [-0.3, -0.25) is 4.79 Å². The van der Waals surface area contributed by atoms with Crippen LogP contribution in [0.4, 0.5) is 5.82 Å². The van der Waals surface area contributed by atoms with Gasteiger partial charge in [-0.15, -0.1) is 10.2 Å². The lowest BCUT2D eigenvalue weighted by atomic mass is 10.2. The summed E-state index contributed by atoms with van der Waals surface area (Å²) in [7, 11) is 1.58. The number of carbonyl (C=O) groups excluding carboxylic acids is 1. The third-order valence-corrected chi connectivity index (χ3v) is 3.40. The number of hydrogen-bond donors (Lipinski definition) is 2. The zero-order valence-corrected chi connectivity index (χ0v) is 13.2. The Morgan fingerprint density at radius 1 is 1.21 bits per heavy atom. The van der Waals surface area contributed by atoms with Crippen molar-refractivity contribution in [2.75, 3.05) is 32.4 Å². The summed E-state index contributed by atoms with van der Waals surface area (Å²) in [4.78, 5) is 11.8. The Morgan fingerprint density at radius 2 is 2.08 bits per heavy atom. The number of hydrogen-bond acceptors (Lipinski definition) is 7. The lowest BCUT2D eigenvalue weighted by Crippen LogP contribution is -2.27. The van der Waals surface area contributed by atoms with Crippen molar-refractivity contribution in [3.8, 4) is 11.5 Å². The standard InChI is InChI=1S/C16H18N4O4/c1-22-7-6-17-16(21)12-3-5-15(20-19-12)18-9-11-2-4-13-14(8-11)24-10-23-13/h2-5,8H,6-7,9-10H2,1H3,(H,17,21)(H,18,20). The van der Waals surface area contributed by atoms with E-state index in [1.807, 2.05) is 18.2 Å². The number of nitrogens with one attached hydrogen (secondary N) is 2. The molecule has 1 aromatic carbocycles. The lowest BCUT2D eigenvalue weighted by Gasteiger charge is -2.07. The second-order valence-electron chi connectivity index (χ2n) is 5.09. The molecule has 0 fully saturated rings. The van der Waals surface area contributed by atoms with Crippen LogP contribution in [0.3, 0.4) is 0 Å². The molecule has 1 aromatic heterocycles. The molecule has 2 aromatic rings. The van der Waals surface area contributed by atoms with Gasteiger partial charge in [-0.05, 0) is 29.8 Å². The highest BCUT2D eigenvalue weighted by Gasteiger charge is 2.13. The molecule has 0 unspecified atom stereocenters. The Labute approximate surface area is 139 Å². The van der Waals surface area contributed by atoms with Crippen LogP contribution in [0.25, 0.3) is 0 Å². The van der Waals surface area contributed by atoms with Crippen LogP contribution in [-0.2, 0) is 11.3 Å². The minimum absolute atomic E-state index is 0.256. The van der Waals surface area contributed by atoms with E-state index in [2.05, 4.69) is 20.8 Å². The van der Waals surface area contributed by atoms with Gasteiger partial charge < -0.3 is 24.8 Å². The van der Waals surface area contributed by atoms with Crippen LogP contribution in [0.15, 0.2) is 30.3 Å². The first-order chi connectivity index (χ1) is 11.8. The van der Waals surface area contributed by atoms with Crippen molar-refractivity contribution in [1.29, 1.82) is 0 Å². The maximum atomic E-state index is 11.8. The molecule has 24 heavy (non-hydrogen) atoms. The van der Waals surface area contributed by atoms with Crippen LogP contribution < -0.4 is 20.1 Å². The van der Waals surface area contributed by atoms with Crippen molar-refractivity contribution < 1.29 is 19.0 Å². The number of benzene rings is 1. The number of carbonyl (C=O) groups is 1. The molecule has 0 saturated carbocycles. The summed E-state index contributed by atoms with van der Waals surface area (Å²) in [5.41, 5.74) is 1.29. The highest BCUT2D eigenvalue weighted by Crippen LogP contribution is 2.32. The number of anilines is 1. The highest BCUT2D eigenvalue weighted by molar-refractivity contribution is 5.92. The van der Waals surface area contributed by atoms with E-state index >= 15 is 0 Å². The van der Waals surface area contributed by atoms with Crippen molar-refractivity contribution in [2.24, 2.45) is 0 Å². The van der Waals surface area contributed by atoms with E-state index in [4.69, 9.17) is 14.2 Å². The molecule has 0 radical (unpaired) electrons. The predicted molar refractivity (Wildman–Crippen MR) is 86.1 cm³/mol. The Kier molecular flexibility index (Phi) is 5.07. The van der Waals surface area contributed by atoms with Gasteiger partial charge in [0.1, 0.15) is 5.82 Å². The van der Waals surface area contributed by atoms with Crippen LogP contribution in [0.1, 0.15) is 16.1 Å². The largest absolute Gasteiger partial charge is 0.454 e. The number of fused-ring (bicyclic) bond motifs is 1. The van der Waals surface area contributed by atoms with Crippen molar-refractivity contribution in [3.63, 3.8) is 0 Å². The zero-order valence-electron chi connectivity index (χ0n) is 13.2. The fourth-order valence-corrected chi connectivity index (χ4v) is 2.15. The SMILES string of the molecule is COCCNC(=O)c1ccc(NCc2ccc3c(c2)OCO3)nn1. The molecule has 8 nitrogen and oxygen atoms in total. The van der Waals surface area contributed by atoms with E-state index in [-0.39, 0.29) is 18.4 Å². The van der Waals surface area contributed by atoms with Crippen LogP contribution in [-0.4, -0.2) is 43.2 Å². The Bertz CT molecular complexity index is 706. The maximum Gasteiger partial charge on any atom is 0.271 e. The quantitative estimate of drug-likeness (QED) is 0.736. The summed E-state index contributed by atoms with van der Waals surface area (Å²) in [6.45, 7) is 1.70. The summed E-state index contributed by atoms with van der Waals surface area (Å²) in [6, 6.07) is 9.08. The molecular weight excluding hydrogens is 312 g/mol. The second-order valence-corrected chi connectivity index (χ2v) is 5.09. The summed E-state index contributed by atoms with van der Waals surface area (Å²) in [5, 5.41) is 13.8. The van der Waals surface area contributed by atoms with Crippen molar-refractivity contribution in [1.82, 2.24) is 15.5 Å². The molecular formula is C16H18N4O4. The molecule has 2 N–H and O–H groups in total. The highest BCUT2D eigenvalue weighted by atomic mass is 16.7. The van der Waals surface area contributed by atoms with E-state index < -0.39 is 0 Å². The molecule has 126 valence electrons. The van der Waals surface area contributed by atoms with Crippen LogP contribution in [0.2, 0.25) is 0 Å². The number of nitrogens with zero attached hydrogens (tertiary/aromatic N) is 2. The molecule has 1 aliphatic heterocycles. The van der Waals surface area contributed by atoms with Crippen LogP contribution >= 0.6 is 0 Å². The topological polar surface area (TPSA) is 94.6 Å². The van der Waals surface area contributed by atoms with Gasteiger partial charge in [-0.1, -0.05) is 6.07 Å². The third-order valence-electron chi connectivity index (χ3n) is 3.40. The Balaban J connectivity index is 1.53. The molecule has 2 heterocycles. The Hall–Kier alpha value is -2.87. The first-order valence-electron chi connectivity index (χ1n) is 7.49. The summed E-state index contributed by atoms with van der Waals surface area (Å²) in [5.74, 6) is 1.80. The van der Waals surface area contributed by atoms with Crippen molar-refractivity contribution >= 4 is 11.7 Å². The van der Waals surface area contributed by atoms with Gasteiger partial charge in [-0.2, -0.15) is 0 Å². The molecule has 0 atom stereocenters. The summed E-state index contributed by atoms with van der Waals surface area (Å²) in [6.07, 6.45) is 0. The molecule has 1 amide bonds. The van der Waals surface area contributed by atoms with E-state index in [9.17, 15) is 4.79 Å². The van der Waals surface area contributed by atoms with Gasteiger partial charge in [0.05, 0.1) is 6.61 Å². The molecule has 1 aliphatic rings. The first kappa shape index (κ1) is 16.0. The number of methoxy groups -OCH3 is 1. The summed E-state index contributed by atoms with van der Waals surface area (Å²) >= 11 is 0. The van der Waals surface area contributed by atoms with E-state index in [1.54, 1.807) is 19.2 Å². The molecule has 0 bridgehead atoms. The van der Waals surface area contributed by atoms with Gasteiger partial charge in [0.2, 0.25) is 6.79 Å². The van der Waals surface area contributed by atoms with Crippen LogP contribution in [0, 0.1) is 0 Å². The van der Waals surface area contributed by atoms with Gasteiger partial charge in [0.15, 0.2) is 17.2 Å². The molecule has 8 heteroatoms. The predicted octanol–water partition coefficient (Wildman–Crippen LogP) is 1.19.